The third kappa shape index (κ3) is 3.37. The first-order valence-electron chi connectivity index (χ1n) is 5.14. The van der Waals surface area contributed by atoms with Crippen LogP contribution in [0.2, 0.25) is 5.02 Å². The van der Waals surface area contributed by atoms with E-state index in [-0.39, 0.29) is 5.69 Å². The van der Waals surface area contributed by atoms with Gasteiger partial charge in [-0.1, -0.05) is 17.7 Å². The van der Waals surface area contributed by atoms with Crippen LogP contribution in [0.15, 0.2) is 40.9 Å². The number of benzene rings is 2. The maximum absolute atomic E-state index is 10.7. The molecule has 0 saturated heterocycles. The average Bonchev–Trinajstić information content (AvgIpc) is 2.34. The van der Waals surface area contributed by atoms with Crippen LogP contribution in [0.5, 0.6) is 0 Å². The summed E-state index contributed by atoms with van der Waals surface area (Å²) in [5.74, 6) is 0. The molecule has 0 bridgehead atoms. The number of halogens is 3. The van der Waals surface area contributed by atoms with Crippen LogP contribution in [-0.2, 0) is 0 Å². The van der Waals surface area contributed by atoms with E-state index >= 15 is 0 Å². The van der Waals surface area contributed by atoms with Crippen molar-refractivity contribution in [1.29, 1.82) is 0 Å². The Morgan fingerprint density at radius 2 is 2.05 bits per heavy atom. The van der Waals surface area contributed by atoms with Gasteiger partial charge in [0.1, 0.15) is 0 Å². The first-order valence-corrected chi connectivity index (χ1v) is 7.39. The molecule has 0 saturated carbocycles. The van der Waals surface area contributed by atoms with Crippen LogP contribution in [0.25, 0.3) is 0 Å². The molecule has 0 amide bonds. The van der Waals surface area contributed by atoms with Crippen molar-refractivity contribution in [3.8, 4) is 0 Å². The standard InChI is InChI=1S/C12H7BrClIN2O2/c13-12-8(14)2-1-3-10(12)16-7-4-5-11(17(18)19)9(15)6-7/h1-6,16H. The highest BCUT2D eigenvalue weighted by Gasteiger charge is 2.12. The van der Waals surface area contributed by atoms with Gasteiger partial charge in [0.05, 0.1) is 23.7 Å². The van der Waals surface area contributed by atoms with Crippen molar-refractivity contribution in [3.63, 3.8) is 0 Å². The largest absolute Gasteiger partial charge is 0.355 e. The van der Waals surface area contributed by atoms with Crippen LogP contribution < -0.4 is 5.32 Å². The van der Waals surface area contributed by atoms with Crippen LogP contribution in [0.3, 0.4) is 0 Å². The molecule has 0 atom stereocenters. The average molecular weight is 453 g/mol. The lowest BCUT2D eigenvalue weighted by Crippen LogP contribution is -1.95. The van der Waals surface area contributed by atoms with Crippen molar-refractivity contribution in [3.05, 3.63) is 59.6 Å². The number of hydrogen-bond acceptors (Lipinski definition) is 3. The van der Waals surface area contributed by atoms with Gasteiger partial charge in [-0.05, 0) is 62.8 Å². The van der Waals surface area contributed by atoms with Crippen molar-refractivity contribution < 1.29 is 4.92 Å². The molecule has 0 aliphatic carbocycles. The molecule has 0 unspecified atom stereocenters. The fourth-order valence-electron chi connectivity index (χ4n) is 1.49. The Balaban J connectivity index is 2.32. The normalized spacial score (nSPS) is 10.3. The van der Waals surface area contributed by atoms with E-state index in [9.17, 15) is 10.1 Å². The maximum Gasteiger partial charge on any atom is 0.282 e. The number of anilines is 2. The lowest BCUT2D eigenvalue weighted by molar-refractivity contribution is -0.385. The van der Waals surface area contributed by atoms with Gasteiger partial charge in [-0.15, -0.1) is 0 Å². The highest BCUT2D eigenvalue weighted by atomic mass is 127. The summed E-state index contributed by atoms with van der Waals surface area (Å²) in [6.07, 6.45) is 0. The molecule has 0 aliphatic rings. The number of nitro groups is 1. The molecule has 2 aromatic carbocycles. The molecule has 0 radical (unpaired) electrons. The first-order chi connectivity index (χ1) is 8.99. The van der Waals surface area contributed by atoms with Gasteiger partial charge in [0.15, 0.2) is 0 Å². The number of rotatable bonds is 3. The van der Waals surface area contributed by atoms with E-state index in [2.05, 4.69) is 21.2 Å². The number of nitrogens with one attached hydrogen (secondary N) is 1. The van der Waals surface area contributed by atoms with E-state index < -0.39 is 4.92 Å². The topological polar surface area (TPSA) is 55.2 Å². The Morgan fingerprint density at radius 3 is 2.68 bits per heavy atom. The molecule has 1 N–H and O–H groups in total. The third-order valence-electron chi connectivity index (χ3n) is 2.37. The summed E-state index contributed by atoms with van der Waals surface area (Å²) in [4.78, 5) is 10.3. The van der Waals surface area contributed by atoms with E-state index in [4.69, 9.17) is 11.6 Å². The van der Waals surface area contributed by atoms with Crippen molar-refractivity contribution in [1.82, 2.24) is 0 Å². The minimum absolute atomic E-state index is 0.0938. The molecule has 0 spiro atoms. The molecular formula is C12H7BrClIN2O2. The molecule has 0 fully saturated rings. The van der Waals surface area contributed by atoms with Gasteiger partial charge < -0.3 is 5.32 Å². The molecule has 4 nitrogen and oxygen atoms in total. The molecule has 0 aliphatic heterocycles. The third-order valence-corrected chi connectivity index (χ3v) is 4.64. The van der Waals surface area contributed by atoms with E-state index in [0.717, 1.165) is 15.8 Å². The second-order valence-electron chi connectivity index (χ2n) is 3.65. The van der Waals surface area contributed by atoms with Gasteiger partial charge in [-0.2, -0.15) is 0 Å². The van der Waals surface area contributed by atoms with Crippen LogP contribution in [0.1, 0.15) is 0 Å². The Hall–Kier alpha value is -0.860. The van der Waals surface area contributed by atoms with Gasteiger partial charge in [0.2, 0.25) is 0 Å². The van der Waals surface area contributed by atoms with Crippen molar-refractivity contribution in [2.75, 3.05) is 5.32 Å². The van der Waals surface area contributed by atoms with Gasteiger partial charge in [0, 0.05) is 11.8 Å². The SMILES string of the molecule is O=[N+]([O-])c1ccc(Nc2cccc(Cl)c2Br)cc1I. The highest BCUT2D eigenvalue weighted by Crippen LogP contribution is 2.33. The second kappa shape index (κ2) is 6.06. The smallest absolute Gasteiger partial charge is 0.282 e. The summed E-state index contributed by atoms with van der Waals surface area (Å²) in [6, 6.07) is 10.3. The fraction of sp³-hybridized carbons (Fsp3) is 0. The summed E-state index contributed by atoms with van der Waals surface area (Å²) in [6.45, 7) is 0. The first kappa shape index (κ1) is 14.5. The fourth-order valence-corrected chi connectivity index (χ4v) is 2.74. The maximum atomic E-state index is 10.7. The lowest BCUT2D eigenvalue weighted by atomic mass is 10.2. The minimum atomic E-state index is -0.402. The molecule has 2 aromatic rings. The Labute approximate surface area is 136 Å². The Bertz CT molecular complexity index is 652. The zero-order valence-electron chi connectivity index (χ0n) is 9.36. The predicted molar refractivity (Wildman–Crippen MR) is 88.2 cm³/mol. The molecule has 0 aromatic heterocycles. The zero-order valence-corrected chi connectivity index (χ0v) is 13.9. The van der Waals surface area contributed by atoms with Crippen LogP contribution in [-0.4, -0.2) is 4.92 Å². The van der Waals surface area contributed by atoms with E-state index in [1.807, 2.05) is 34.7 Å². The molecule has 98 valence electrons. The summed E-state index contributed by atoms with van der Waals surface area (Å²) in [5, 5.41) is 14.5. The predicted octanol–water partition coefficient (Wildman–Crippen LogP) is 5.36. The van der Waals surface area contributed by atoms with E-state index in [1.54, 1.807) is 18.2 Å². The molecular weight excluding hydrogens is 446 g/mol. The van der Waals surface area contributed by atoms with Gasteiger partial charge in [-0.3, -0.25) is 10.1 Å². The molecule has 2 rings (SSSR count). The minimum Gasteiger partial charge on any atom is -0.355 e. The summed E-state index contributed by atoms with van der Waals surface area (Å²) >= 11 is 11.3. The second-order valence-corrected chi connectivity index (χ2v) is 6.01. The monoisotopic (exact) mass is 452 g/mol. The van der Waals surface area contributed by atoms with Gasteiger partial charge in [0.25, 0.3) is 5.69 Å². The summed E-state index contributed by atoms with van der Waals surface area (Å²) in [5.41, 5.74) is 1.66. The molecule has 19 heavy (non-hydrogen) atoms. The van der Waals surface area contributed by atoms with Crippen LogP contribution >= 0.6 is 50.1 Å². The Kier molecular flexibility index (Phi) is 4.64. The van der Waals surface area contributed by atoms with Crippen LogP contribution in [0, 0.1) is 13.7 Å². The van der Waals surface area contributed by atoms with E-state index in [0.29, 0.717) is 8.59 Å². The summed E-state index contributed by atoms with van der Waals surface area (Å²) in [7, 11) is 0. The number of nitrogens with zero attached hydrogens (tertiary/aromatic N) is 1. The van der Waals surface area contributed by atoms with Crippen LogP contribution in [0.4, 0.5) is 17.1 Å². The molecule has 0 heterocycles. The quantitative estimate of drug-likeness (QED) is 0.387. The number of nitro benzene ring substituents is 1. The molecule has 7 heteroatoms. The van der Waals surface area contributed by atoms with Crippen molar-refractivity contribution >= 4 is 67.2 Å². The van der Waals surface area contributed by atoms with Crippen molar-refractivity contribution in [2.24, 2.45) is 0 Å². The number of hydrogen-bond donors (Lipinski definition) is 1. The zero-order chi connectivity index (χ0) is 14.0. The van der Waals surface area contributed by atoms with Gasteiger partial charge >= 0.3 is 0 Å². The summed E-state index contributed by atoms with van der Waals surface area (Å²) < 4.78 is 1.33. The Morgan fingerprint density at radius 1 is 1.32 bits per heavy atom. The lowest BCUT2D eigenvalue weighted by Gasteiger charge is -2.10. The highest BCUT2D eigenvalue weighted by molar-refractivity contribution is 14.1. The van der Waals surface area contributed by atoms with Crippen molar-refractivity contribution in [2.45, 2.75) is 0 Å². The van der Waals surface area contributed by atoms with Gasteiger partial charge in [-0.25, -0.2) is 0 Å². The van der Waals surface area contributed by atoms with E-state index in [1.165, 1.54) is 6.07 Å².